The standard InChI is InChI=1S/C116H172O26/c1-102(2,3)72-56-67(57-73(103(4,5)6)88(72)133-97(122)138-112(31,32)33)46-51-83(117)127-66-82-93(129-84(118)52-47-68-58-74(104(7,8)9)89(75(59-68)105(10,11)12)134-98(123)139-113(34,35)36)94(130-85(119)53-48-69-60-76(106(13,14)15)90(77(61-69)107(16,17)18)135-99(124)140-114(37,38)39)95(131-86(120)54-49-70-62-78(108(19,20)21)91(79(63-70)109(22,23)24)136-100(125)141-115(40,41)42)96(128-82)132-87(121)55-50-71-64-80(110(25,26)27)92(81(65-71)111(28,29)30)137-101(126)142-116(43,44)45/h56-65,82,93-96H,46-55,66H2,1-45H3. The van der Waals surface area contributed by atoms with E-state index in [1.165, 1.54) is 0 Å². The molecule has 6 rings (SSSR count). The third kappa shape index (κ3) is 37.1. The molecule has 1 aliphatic heterocycles. The fraction of sp³-hybridized carbons (Fsp3) is 0.655. The molecule has 5 atom stereocenters. The smallest absolute Gasteiger partial charge is 0.463 e. The summed E-state index contributed by atoms with van der Waals surface area (Å²) in [6, 6.07) is 18.6. The van der Waals surface area contributed by atoms with E-state index in [1.807, 2.05) is 268 Å². The van der Waals surface area contributed by atoms with E-state index in [0.29, 0.717) is 95.0 Å². The van der Waals surface area contributed by atoms with Gasteiger partial charge in [-0.15, -0.1) is 0 Å². The zero-order valence-electron chi connectivity index (χ0n) is 94.6. The first-order valence-electron chi connectivity index (χ1n) is 49.9. The minimum Gasteiger partial charge on any atom is -0.463 e. The molecule has 0 saturated carbocycles. The highest BCUT2D eigenvalue weighted by molar-refractivity contribution is 5.76. The molecule has 792 valence electrons. The van der Waals surface area contributed by atoms with Gasteiger partial charge in [0.2, 0.25) is 12.4 Å². The van der Waals surface area contributed by atoms with Crippen molar-refractivity contribution in [2.45, 2.75) is 489 Å². The molecule has 1 saturated heterocycles. The van der Waals surface area contributed by atoms with Gasteiger partial charge in [-0.1, -0.05) is 268 Å². The molecule has 0 bridgehead atoms. The van der Waals surface area contributed by atoms with Crippen LogP contribution < -0.4 is 23.7 Å². The van der Waals surface area contributed by atoms with Crippen molar-refractivity contribution < 1.29 is 124 Å². The Balaban J connectivity index is 1.69. The van der Waals surface area contributed by atoms with Gasteiger partial charge in [-0.3, -0.25) is 24.0 Å². The molecule has 0 aromatic heterocycles. The van der Waals surface area contributed by atoms with Crippen LogP contribution in [0.2, 0.25) is 0 Å². The summed E-state index contributed by atoms with van der Waals surface area (Å²) in [7, 11) is 0. The van der Waals surface area contributed by atoms with Gasteiger partial charge < -0.3 is 75.8 Å². The minimum atomic E-state index is -2.07. The van der Waals surface area contributed by atoms with Crippen LogP contribution in [0.4, 0.5) is 24.0 Å². The van der Waals surface area contributed by atoms with Crippen molar-refractivity contribution in [3.8, 4) is 28.7 Å². The lowest BCUT2D eigenvalue weighted by molar-refractivity contribution is -0.301. The van der Waals surface area contributed by atoms with Crippen LogP contribution in [-0.2, 0) is 162 Å². The van der Waals surface area contributed by atoms with E-state index in [0.717, 1.165) is 0 Å². The van der Waals surface area contributed by atoms with Crippen LogP contribution in [0, 0.1) is 0 Å². The Morgan fingerprint density at radius 3 is 0.556 bits per heavy atom. The lowest BCUT2D eigenvalue weighted by Crippen LogP contribution is -2.63. The van der Waals surface area contributed by atoms with Crippen LogP contribution in [0.15, 0.2) is 60.7 Å². The number of esters is 5. The highest BCUT2D eigenvalue weighted by Gasteiger charge is 2.55. The Morgan fingerprint density at radius 2 is 0.380 bits per heavy atom. The number of ether oxygens (including phenoxy) is 16. The largest absolute Gasteiger partial charge is 0.514 e. The Morgan fingerprint density at radius 1 is 0.218 bits per heavy atom. The molecule has 142 heavy (non-hydrogen) atoms. The molecule has 26 nitrogen and oxygen atoms in total. The maximum Gasteiger partial charge on any atom is 0.514 e. The summed E-state index contributed by atoms with van der Waals surface area (Å²) in [4.78, 5) is 147. The van der Waals surface area contributed by atoms with E-state index in [-0.39, 0.29) is 62.2 Å². The molecule has 0 radical (unpaired) electrons. The first kappa shape index (κ1) is 120. The summed E-state index contributed by atoms with van der Waals surface area (Å²) < 4.78 is 99.5. The van der Waals surface area contributed by atoms with Gasteiger partial charge in [0, 0.05) is 87.7 Å². The molecule has 1 heterocycles. The first-order chi connectivity index (χ1) is 63.9. The van der Waals surface area contributed by atoms with Crippen molar-refractivity contribution in [2.75, 3.05) is 6.61 Å². The third-order valence-corrected chi connectivity index (χ3v) is 22.8. The zero-order valence-corrected chi connectivity index (χ0v) is 94.6. The molecule has 5 aromatic rings. The van der Waals surface area contributed by atoms with Crippen molar-refractivity contribution in [1.82, 2.24) is 0 Å². The second-order valence-electron chi connectivity index (χ2n) is 53.0. The molecule has 5 aromatic carbocycles. The Kier molecular flexibility index (Phi) is 38.0. The maximum atomic E-state index is 15.9. The Bertz CT molecular complexity index is 5180. The topological polar surface area (TPSA) is 318 Å². The van der Waals surface area contributed by atoms with Crippen molar-refractivity contribution in [3.05, 3.63) is 144 Å². The van der Waals surface area contributed by atoms with Gasteiger partial charge >= 0.3 is 60.6 Å². The fourth-order valence-corrected chi connectivity index (χ4v) is 15.9. The molecular formula is C116H172O26. The van der Waals surface area contributed by atoms with Crippen molar-refractivity contribution >= 4 is 60.6 Å². The maximum absolute atomic E-state index is 15.9. The number of hydrogen-bond acceptors (Lipinski definition) is 26. The number of benzene rings is 5. The van der Waals surface area contributed by atoms with Crippen molar-refractivity contribution in [1.29, 1.82) is 0 Å². The van der Waals surface area contributed by atoms with Crippen LogP contribution in [0.25, 0.3) is 0 Å². The Hall–Kier alpha value is -10.2. The molecule has 1 fully saturated rings. The molecule has 1 aliphatic rings. The molecular weight excluding hydrogens is 1810 g/mol. The van der Waals surface area contributed by atoms with Crippen molar-refractivity contribution in [3.63, 3.8) is 0 Å². The third-order valence-electron chi connectivity index (χ3n) is 22.8. The molecule has 0 amide bonds. The Labute approximate surface area is 847 Å². The minimum absolute atomic E-state index is 0.00672. The van der Waals surface area contributed by atoms with Gasteiger partial charge in [0.05, 0.1) is 0 Å². The van der Waals surface area contributed by atoms with Crippen molar-refractivity contribution in [2.24, 2.45) is 0 Å². The van der Waals surface area contributed by atoms with E-state index in [4.69, 9.17) is 75.8 Å². The predicted molar refractivity (Wildman–Crippen MR) is 550 cm³/mol. The van der Waals surface area contributed by atoms with Gasteiger partial charge in [-0.05, 0) is 218 Å². The predicted octanol–water partition coefficient (Wildman–Crippen LogP) is 27.2. The van der Waals surface area contributed by atoms with Gasteiger partial charge in [-0.25, -0.2) is 24.0 Å². The fourth-order valence-electron chi connectivity index (χ4n) is 15.9. The van der Waals surface area contributed by atoms with Gasteiger partial charge in [0.25, 0.3) is 0 Å². The first-order valence-corrected chi connectivity index (χ1v) is 49.9. The number of carbonyl (C=O) groups excluding carboxylic acids is 10. The van der Waals surface area contributed by atoms with Crippen LogP contribution in [0.1, 0.15) is 427 Å². The van der Waals surface area contributed by atoms with Gasteiger partial charge in [0.15, 0.2) is 12.2 Å². The molecule has 0 N–H and O–H groups in total. The summed E-state index contributed by atoms with van der Waals surface area (Å²) >= 11 is 0. The van der Waals surface area contributed by atoms with E-state index >= 15 is 24.0 Å². The summed E-state index contributed by atoms with van der Waals surface area (Å²) in [5.41, 5.74) is -1.74. The monoisotopic (exact) mass is 1980 g/mol. The SMILES string of the molecule is CC(C)(C)OC(=O)Oc1c(C(C)(C)C)cc(CCC(=O)OCC2OC(OC(=O)CCc3cc(C(C)(C)C)c(OC(=O)OC(C)(C)C)c(C(C)(C)C)c3)C(OC(=O)CCc3cc(C(C)(C)C)c(OC(=O)OC(C)(C)C)c(C(C)(C)C)c3)C(OC(=O)CCc3cc(C(C)(C)C)c(OC(=O)OC(C)(C)C)c(C(C)(C)C)c3)C2OC(=O)CCc2cc(C(C)(C)C)c(OC(=O)OC(C)(C)C)c(C(C)(C)C)c2)cc1C(C)(C)C. The molecule has 0 spiro atoms. The van der Waals surface area contributed by atoms with E-state index < -0.39 is 199 Å². The lowest BCUT2D eigenvalue weighted by Gasteiger charge is -2.44. The highest BCUT2D eigenvalue weighted by Crippen LogP contribution is 2.49. The lowest BCUT2D eigenvalue weighted by atomic mass is 9.78. The average molecular weight is 1980 g/mol. The van der Waals surface area contributed by atoms with Crippen LogP contribution >= 0.6 is 0 Å². The second kappa shape index (κ2) is 44.8. The molecule has 26 heteroatoms. The number of carbonyl (C=O) groups is 10. The van der Waals surface area contributed by atoms with E-state index in [1.54, 1.807) is 104 Å². The summed E-state index contributed by atoms with van der Waals surface area (Å²) in [5.74, 6) is -3.05. The van der Waals surface area contributed by atoms with Crippen LogP contribution in [0.5, 0.6) is 28.7 Å². The average Bonchev–Trinajstić information content (AvgIpc) is 0.802. The molecule has 0 aliphatic carbocycles. The van der Waals surface area contributed by atoms with Gasteiger partial charge in [-0.2, -0.15) is 0 Å². The summed E-state index contributed by atoms with van der Waals surface area (Å²) in [5, 5.41) is 0. The van der Waals surface area contributed by atoms with Gasteiger partial charge in [0.1, 0.15) is 69.5 Å². The highest BCUT2D eigenvalue weighted by atomic mass is 16.8. The van der Waals surface area contributed by atoms with E-state index in [2.05, 4.69) is 0 Å². The second-order valence-corrected chi connectivity index (χ2v) is 53.0. The quantitative estimate of drug-likeness (QED) is 0.0282. The van der Waals surface area contributed by atoms with Crippen LogP contribution in [0.3, 0.4) is 0 Å². The normalized spacial score (nSPS) is 16.3. The number of aryl methyl sites for hydroxylation is 5. The van der Waals surface area contributed by atoms with Crippen LogP contribution in [-0.4, -0.2) is 126 Å². The summed E-state index contributed by atoms with van der Waals surface area (Å²) in [6.07, 6.45) is -16.1. The zero-order chi connectivity index (χ0) is 109. The molecule has 5 unspecified atom stereocenters. The number of rotatable bonds is 26. The van der Waals surface area contributed by atoms with E-state index in [9.17, 15) is 24.0 Å². The summed E-state index contributed by atoms with van der Waals surface area (Å²) in [6.45, 7) is 84.2. The number of hydrogen-bond donors (Lipinski definition) is 0.